The molecule has 0 spiro atoms. The van der Waals surface area contributed by atoms with Gasteiger partial charge in [-0.05, 0) is 48.4 Å². The van der Waals surface area contributed by atoms with Gasteiger partial charge in [-0.2, -0.15) is 0 Å². The number of aliphatic imine (C=N–C) groups is 1. The maximum Gasteiger partial charge on any atom is 0.326 e. The van der Waals surface area contributed by atoms with E-state index >= 15 is 0 Å². The Hall–Kier alpha value is -7.26. The highest BCUT2D eigenvalue weighted by Gasteiger charge is 2.34. The Morgan fingerprint density at radius 3 is 1.45 bits per heavy atom. The maximum absolute atomic E-state index is 14.2. The molecule has 2 aromatic carbocycles. The second-order valence-electron chi connectivity index (χ2n) is 14.7. The summed E-state index contributed by atoms with van der Waals surface area (Å²) in [7, 11) is 0. The zero-order chi connectivity index (χ0) is 46.5. The first-order chi connectivity index (χ1) is 29.1. The lowest BCUT2D eigenvalue weighted by Crippen LogP contribution is -2.60. The van der Waals surface area contributed by atoms with Crippen LogP contribution in [0.5, 0.6) is 5.75 Å². The minimum Gasteiger partial charge on any atom is -0.508 e. The molecule has 22 nitrogen and oxygen atoms in total. The molecule has 0 saturated carbocycles. The Morgan fingerprint density at radius 2 is 1.00 bits per heavy atom. The number of hydrogen-bond donors (Lipinski definition) is 12. The van der Waals surface area contributed by atoms with E-state index < -0.39 is 102 Å². The van der Waals surface area contributed by atoms with E-state index in [0.29, 0.717) is 11.1 Å². The number of guanidine groups is 1. The largest absolute Gasteiger partial charge is 0.508 e. The number of carbonyl (C=O) groups is 9. The van der Waals surface area contributed by atoms with Crippen LogP contribution in [0, 0.1) is 5.92 Å². The molecule has 0 heterocycles. The molecule has 338 valence electrons. The number of phenolic OH excluding ortho intramolecular Hbond substituents is 1. The van der Waals surface area contributed by atoms with Crippen molar-refractivity contribution in [3.05, 3.63) is 65.7 Å². The van der Waals surface area contributed by atoms with Crippen molar-refractivity contribution in [2.24, 2.45) is 22.4 Å². The van der Waals surface area contributed by atoms with Gasteiger partial charge in [0.25, 0.3) is 0 Å². The van der Waals surface area contributed by atoms with Crippen LogP contribution in [0.4, 0.5) is 0 Å². The highest BCUT2D eigenvalue weighted by molar-refractivity contribution is 5.98. The molecule has 0 aliphatic carbocycles. The van der Waals surface area contributed by atoms with Gasteiger partial charge in [0.15, 0.2) is 5.96 Å². The number of carboxylic acids is 3. The van der Waals surface area contributed by atoms with E-state index in [2.05, 4.69) is 36.9 Å². The molecule has 2 rings (SSSR count). The lowest BCUT2D eigenvalue weighted by molar-refractivity contribution is -0.143. The van der Waals surface area contributed by atoms with Gasteiger partial charge in [-0.15, -0.1) is 0 Å². The number of benzene rings is 2. The molecular weight excluding hydrogens is 814 g/mol. The number of amides is 6. The number of phenols is 1. The van der Waals surface area contributed by atoms with E-state index in [0.717, 1.165) is 6.92 Å². The smallest absolute Gasteiger partial charge is 0.326 e. The fourth-order valence-electron chi connectivity index (χ4n) is 5.98. The molecule has 0 fully saturated rings. The average Bonchev–Trinajstić information content (AvgIpc) is 3.17. The molecule has 22 heteroatoms. The van der Waals surface area contributed by atoms with Crippen molar-refractivity contribution in [1.82, 2.24) is 31.9 Å². The molecular formula is C40H55N9O13. The quantitative estimate of drug-likeness (QED) is 0.0283. The van der Waals surface area contributed by atoms with Crippen molar-refractivity contribution < 1.29 is 63.6 Å². The van der Waals surface area contributed by atoms with E-state index in [1.54, 1.807) is 44.2 Å². The van der Waals surface area contributed by atoms with E-state index in [-0.39, 0.29) is 56.3 Å². The summed E-state index contributed by atoms with van der Waals surface area (Å²) >= 11 is 0. The van der Waals surface area contributed by atoms with Gasteiger partial charge in [-0.3, -0.25) is 43.3 Å². The van der Waals surface area contributed by atoms with Crippen molar-refractivity contribution in [2.75, 3.05) is 6.54 Å². The highest BCUT2D eigenvalue weighted by Crippen LogP contribution is 2.14. The Labute approximate surface area is 356 Å². The minimum atomic E-state index is -1.91. The summed E-state index contributed by atoms with van der Waals surface area (Å²) < 4.78 is 0. The van der Waals surface area contributed by atoms with Crippen LogP contribution < -0.4 is 43.4 Å². The first kappa shape index (κ1) is 50.9. The second kappa shape index (κ2) is 25.4. The molecule has 0 aliphatic heterocycles. The normalized spacial score (nSPS) is 13.7. The molecule has 0 aromatic heterocycles. The van der Waals surface area contributed by atoms with Crippen LogP contribution in [-0.2, 0) is 56.0 Å². The van der Waals surface area contributed by atoms with E-state index in [4.69, 9.17) is 11.5 Å². The number of aliphatic carboxylic acids is 3. The molecule has 62 heavy (non-hydrogen) atoms. The van der Waals surface area contributed by atoms with Crippen LogP contribution in [0.2, 0.25) is 0 Å². The summed E-state index contributed by atoms with van der Waals surface area (Å²) in [5.74, 6) is -10.8. The molecule has 0 aliphatic rings. The first-order valence-corrected chi connectivity index (χ1v) is 19.5. The predicted octanol–water partition coefficient (Wildman–Crippen LogP) is -1.76. The topological polar surface area (TPSA) is 371 Å². The third kappa shape index (κ3) is 19.2. The number of nitrogens with zero attached hydrogens (tertiary/aromatic N) is 1. The zero-order valence-electron chi connectivity index (χ0n) is 34.5. The van der Waals surface area contributed by atoms with Crippen LogP contribution in [0.15, 0.2) is 59.6 Å². The molecule has 0 saturated heterocycles. The van der Waals surface area contributed by atoms with Gasteiger partial charge in [0, 0.05) is 26.3 Å². The van der Waals surface area contributed by atoms with Crippen molar-refractivity contribution in [3.63, 3.8) is 0 Å². The van der Waals surface area contributed by atoms with Crippen LogP contribution in [0.1, 0.15) is 64.0 Å². The van der Waals surface area contributed by atoms with Gasteiger partial charge >= 0.3 is 17.9 Å². The predicted molar refractivity (Wildman–Crippen MR) is 221 cm³/mol. The van der Waals surface area contributed by atoms with Crippen molar-refractivity contribution in [2.45, 2.75) is 102 Å². The van der Waals surface area contributed by atoms with E-state index in [1.165, 1.54) is 24.3 Å². The lowest BCUT2D eigenvalue weighted by atomic mass is 10.0. The number of nitrogens with two attached hydrogens (primary N) is 2. The monoisotopic (exact) mass is 869 g/mol. The Bertz CT molecular complexity index is 1910. The Morgan fingerprint density at radius 1 is 0.581 bits per heavy atom. The SMILES string of the molecule is CC(=O)N[C@@H](CC(=O)O)C(=O)N[C@@H](CC(=O)O)C(=O)N[C@@H](Cc1ccc(O)cc1)C(=O)N[C@@H](Cc1ccccc1)C(=O)N[C@@H](CCCN=C(N)N)C(=O)N[C@@H](CC(C)C)C(=O)O. The third-order valence-electron chi connectivity index (χ3n) is 8.91. The molecule has 6 atom stereocenters. The van der Waals surface area contributed by atoms with Crippen molar-refractivity contribution in [1.29, 1.82) is 0 Å². The van der Waals surface area contributed by atoms with Gasteiger partial charge in [-0.25, -0.2) is 4.79 Å². The molecule has 0 radical (unpaired) electrons. The molecule has 0 unspecified atom stereocenters. The molecule has 14 N–H and O–H groups in total. The van der Waals surface area contributed by atoms with Crippen LogP contribution in [-0.4, -0.2) is 123 Å². The molecule has 0 bridgehead atoms. The van der Waals surface area contributed by atoms with Gasteiger partial charge < -0.3 is 63.8 Å². The van der Waals surface area contributed by atoms with Crippen molar-refractivity contribution in [3.8, 4) is 5.75 Å². The van der Waals surface area contributed by atoms with Crippen LogP contribution in [0.25, 0.3) is 0 Å². The lowest BCUT2D eigenvalue weighted by Gasteiger charge is -2.27. The van der Waals surface area contributed by atoms with E-state index in [9.17, 15) is 63.6 Å². The first-order valence-electron chi connectivity index (χ1n) is 19.5. The van der Waals surface area contributed by atoms with Gasteiger partial charge in [0.2, 0.25) is 35.4 Å². The fraction of sp³-hybridized carbons (Fsp3) is 0.450. The summed E-state index contributed by atoms with van der Waals surface area (Å²) in [6, 6.07) is 4.46. The van der Waals surface area contributed by atoms with E-state index in [1.807, 2.05) is 0 Å². The highest BCUT2D eigenvalue weighted by atomic mass is 16.4. The number of aromatic hydroxyl groups is 1. The number of carbonyl (C=O) groups excluding carboxylic acids is 6. The number of rotatable bonds is 26. The second-order valence-corrected chi connectivity index (χ2v) is 14.7. The molecule has 6 amide bonds. The number of hydrogen-bond acceptors (Lipinski definition) is 11. The summed E-state index contributed by atoms with van der Waals surface area (Å²) in [5, 5.41) is 52.7. The zero-order valence-corrected chi connectivity index (χ0v) is 34.5. The van der Waals surface area contributed by atoms with Crippen LogP contribution in [0.3, 0.4) is 0 Å². The van der Waals surface area contributed by atoms with Gasteiger partial charge in [-0.1, -0.05) is 56.3 Å². The van der Waals surface area contributed by atoms with Crippen molar-refractivity contribution >= 4 is 59.3 Å². The summed E-state index contributed by atoms with van der Waals surface area (Å²) in [4.78, 5) is 120. The van der Waals surface area contributed by atoms with Gasteiger partial charge in [0.1, 0.15) is 42.0 Å². The summed E-state index contributed by atoms with van der Waals surface area (Å²) in [6.45, 7) is 4.59. The summed E-state index contributed by atoms with van der Waals surface area (Å²) in [6.07, 6.45) is -2.29. The number of nitrogens with one attached hydrogen (secondary N) is 6. The molecule has 2 aromatic rings. The minimum absolute atomic E-state index is 0.0515. The standard InChI is InChI=1S/C40H55N9O13/c1-21(2)16-31(39(61)62)49-34(56)26(10-7-15-43-40(41)42)45-35(57)27(17-23-8-5-4-6-9-23)46-36(58)28(18-24-11-13-25(51)14-12-24)47-38(60)30(20-33(54)55)48-37(59)29(19-32(52)53)44-22(3)50/h4-6,8-9,11-14,21,26-31,51H,7,10,15-20H2,1-3H3,(H,44,50)(H,45,57)(H,46,58)(H,47,60)(H,48,59)(H,49,56)(H,52,53)(H,54,55)(H,61,62)(H4,41,42,43)/t26-,27-,28-,29-,30-,31-/m0/s1. The number of carboxylic acid groups (broad SMARTS) is 3. The Kier molecular flexibility index (Phi) is 20.8. The third-order valence-corrected chi connectivity index (χ3v) is 8.91. The van der Waals surface area contributed by atoms with Crippen LogP contribution >= 0.6 is 0 Å². The fourth-order valence-corrected chi connectivity index (χ4v) is 5.98. The van der Waals surface area contributed by atoms with Gasteiger partial charge in [0.05, 0.1) is 12.8 Å². The Balaban J connectivity index is 2.54. The summed E-state index contributed by atoms with van der Waals surface area (Å²) in [5.41, 5.74) is 11.8. The maximum atomic E-state index is 14.2. The average molecular weight is 870 g/mol.